The minimum Gasteiger partial charge on any atom is -0.497 e. The Morgan fingerprint density at radius 1 is 1.20 bits per heavy atom. The third-order valence-corrected chi connectivity index (χ3v) is 4.36. The molecule has 1 fully saturated rings. The van der Waals surface area contributed by atoms with Gasteiger partial charge in [0, 0.05) is 18.2 Å². The number of rotatable bonds is 8. The van der Waals surface area contributed by atoms with E-state index in [2.05, 4.69) is 10.6 Å². The number of halogens is 1. The molecule has 1 aromatic rings. The minimum atomic E-state index is -0.590. The van der Waals surface area contributed by atoms with Crippen molar-refractivity contribution in [2.75, 3.05) is 13.7 Å². The van der Waals surface area contributed by atoms with E-state index >= 15 is 0 Å². The van der Waals surface area contributed by atoms with E-state index in [1.165, 1.54) is 0 Å². The van der Waals surface area contributed by atoms with E-state index in [0.29, 0.717) is 23.8 Å². The van der Waals surface area contributed by atoms with Crippen LogP contribution in [0.25, 0.3) is 0 Å². The first-order valence-corrected chi connectivity index (χ1v) is 8.41. The maximum atomic E-state index is 12.6. The highest BCUT2D eigenvalue weighted by atomic mass is 35.5. The van der Waals surface area contributed by atoms with Crippen LogP contribution in [0.5, 0.6) is 5.75 Å². The lowest BCUT2D eigenvalue weighted by atomic mass is 10.0. The molecule has 25 heavy (non-hydrogen) atoms. The summed E-state index contributed by atoms with van der Waals surface area (Å²) in [6.07, 6.45) is 2.21. The summed E-state index contributed by atoms with van der Waals surface area (Å²) in [7, 11) is 1.57. The third-order valence-electron chi connectivity index (χ3n) is 4.36. The summed E-state index contributed by atoms with van der Waals surface area (Å²) in [4.78, 5) is 25.0. The van der Waals surface area contributed by atoms with Crippen LogP contribution in [0.15, 0.2) is 24.3 Å². The Morgan fingerprint density at radius 2 is 1.80 bits per heavy atom. The highest BCUT2D eigenvalue weighted by Crippen LogP contribution is 2.32. The smallest absolute Gasteiger partial charge is 0.251 e. The van der Waals surface area contributed by atoms with Gasteiger partial charge >= 0.3 is 0 Å². The van der Waals surface area contributed by atoms with Gasteiger partial charge in [-0.2, -0.15) is 0 Å². The number of carbonyl (C=O) groups is 2. The van der Waals surface area contributed by atoms with Crippen molar-refractivity contribution in [3.05, 3.63) is 29.8 Å². The number of hydrogen-bond acceptors (Lipinski definition) is 4. The normalized spacial score (nSPS) is 15.7. The molecule has 0 aliphatic heterocycles. The zero-order valence-corrected chi connectivity index (χ0v) is 15.8. The van der Waals surface area contributed by atoms with Gasteiger partial charge in [-0.3, -0.25) is 9.59 Å². The van der Waals surface area contributed by atoms with E-state index in [4.69, 9.17) is 10.5 Å². The van der Waals surface area contributed by atoms with Crippen LogP contribution in [0.3, 0.4) is 0 Å². The molecule has 1 aliphatic rings. The molecule has 140 valence electrons. The summed E-state index contributed by atoms with van der Waals surface area (Å²) in [6, 6.07) is 6.20. The maximum Gasteiger partial charge on any atom is 0.251 e. The van der Waals surface area contributed by atoms with Crippen molar-refractivity contribution in [3.63, 3.8) is 0 Å². The minimum absolute atomic E-state index is 0. The van der Waals surface area contributed by atoms with Crippen LogP contribution in [0.1, 0.15) is 37.0 Å². The van der Waals surface area contributed by atoms with Crippen LogP contribution < -0.4 is 21.1 Å². The Labute approximate surface area is 155 Å². The predicted molar refractivity (Wildman–Crippen MR) is 100 cm³/mol. The fourth-order valence-corrected chi connectivity index (χ4v) is 2.64. The molecule has 0 aromatic heterocycles. The van der Waals surface area contributed by atoms with Crippen LogP contribution in [0.4, 0.5) is 0 Å². The average Bonchev–Trinajstić information content (AvgIpc) is 3.41. The maximum absolute atomic E-state index is 12.6. The molecule has 4 N–H and O–H groups in total. The van der Waals surface area contributed by atoms with E-state index in [1.54, 1.807) is 31.4 Å². The van der Waals surface area contributed by atoms with Crippen molar-refractivity contribution in [2.24, 2.45) is 17.6 Å². The van der Waals surface area contributed by atoms with Gasteiger partial charge in [0.25, 0.3) is 5.91 Å². The molecule has 2 amide bonds. The fraction of sp³-hybridized carbons (Fsp3) is 0.556. The second kappa shape index (κ2) is 9.63. The van der Waals surface area contributed by atoms with Crippen molar-refractivity contribution in [2.45, 2.75) is 38.8 Å². The summed E-state index contributed by atoms with van der Waals surface area (Å²) in [5, 5.41) is 5.81. The molecule has 0 radical (unpaired) electrons. The number of carbonyl (C=O) groups excluding carboxylic acids is 2. The second-order valence-corrected chi connectivity index (χ2v) is 6.61. The van der Waals surface area contributed by atoms with E-state index in [1.807, 2.05) is 13.8 Å². The first kappa shape index (κ1) is 21.3. The summed E-state index contributed by atoms with van der Waals surface area (Å²) in [5.74, 6) is 0.685. The van der Waals surface area contributed by atoms with Crippen molar-refractivity contribution in [3.8, 4) is 5.75 Å². The molecular weight excluding hydrogens is 342 g/mol. The molecule has 0 spiro atoms. The van der Waals surface area contributed by atoms with E-state index in [-0.39, 0.29) is 36.2 Å². The number of ether oxygens (including phenoxy) is 1. The van der Waals surface area contributed by atoms with Crippen molar-refractivity contribution in [1.29, 1.82) is 0 Å². The van der Waals surface area contributed by atoms with Gasteiger partial charge in [-0.15, -0.1) is 12.4 Å². The zero-order valence-electron chi connectivity index (χ0n) is 15.0. The van der Waals surface area contributed by atoms with Gasteiger partial charge < -0.3 is 21.1 Å². The largest absolute Gasteiger partial charge is 0.497 e. The van der Waals surface area contributed by atoms with Gasteiger partial charge in [0.2, 0.25) is 5.91 Å². The fourth-order valence-electron chi connectivity index (χ4n) is 2.64. The van der Waals surface area contributed by atoms with Crippen LogP contribution in [0.2, 0.25) is 0 Å². The van der Waals surface area contributed by atoms with Gasteiger partial charge in [-0.25, -0.2) is 0 Å². The van der Waals surface area contributed by atoms with Crippen LogP contribution in [0, 0.1) is 11.8 Å². The molecular formula is C18H28ClN3O3. The lowest BCUT2D eigenvalue weighted by Crippen LogP contribution is -2.54. The number of nitrogens with one attached hydrogen (secondary N) is 2. The quantitative estimate of drug-likeness (QED) is 0.650. The Morgan fingerprint density at radius 3 is 2.24 bits per heavy atom. The van der Waals surface area contributed by atoms with Gasteiger partial charge in [-0.1, -0.05) is 13.8 Å². The number of nitrogens with two attached hydrogens (primary N) is 1. The Bertz CT molecular complexity index is 573. The molecule has 2 unspecified atom stereocenters. The van der Waals surface area contributed by atoms with Crippen molar-refractivity contribution in [1.82, 2.24) is 10.6 Å². The van der Waals surface area contributed by atoms with Crippen LogP contribution in [-0.4, -0.2) is 37.6 Å². The lowest BCUT2D eigenvalue weighted by molar-refractivity contribution is -0.124. The molecule has 6 nitrogen and oxygen atoms in total. The number of methoxy groups -OCH3 is 1. The van der Waals surface area contributed by atoms with E-state index < -0.39 is 6.04 Å². The van der Waals surface area contributed by atoms with E-state index in [0.717, 1.165) is 12.8 Å². The molecule has 2 rings (SSSR count). The van der Waals surface area contributed by atoms with Gasteiger partial charge in [0.15, 0.2) is 0 Å². The average molecular weight is 370 g/mol. The van der Waals surface area contributed by atoms with Gasteiger partial charge in [0.05, 0.1) is 7.11 Å². The topological polar surface area (TPSA) is 93.4 Å². The molecule has 0 heterocycles. The number of hydrogen-bond donors (Lipinski definition) is 3. The van der Waals surface area contributed by atoms with Crippen LogP contribution >= 0.6 is 12.4 Å². The standard InChI is InChI=1S/C18H27N3O3.ClH/c1-11(2)16(18(23)20-15(10-19)12-4-5-12)21-17(22)13-6-8-14(24-3)9-7-13;/h6-9,11-12,15-16H,4-5,10,19H2,1-3H3,(H,20,23)(H,21,22);1H. The number of amides is 2. The summed E-state index contributed by atoms with van der Waals surface area (Å²) < 4.78 is 5.08. The highest BCUT2D eigenvalue weighted by Gasteiger charge is 2.33. The lowest BCUT2D eigenvalue weighted by Gasteiger charge is -2.25. The monoisotopic (exact) mass is 369 g/mol. The Hall–Kier alpha value is -1.79. The third kappa shape index (κ3) is 5.90. The number of benzene rings is 1. The summed E-state index contributed by atoms with van der Waals surface area (Å²) in [5.41, 5.74) is 6.24. The zero-order chi connectivity index (χ0) is 17.7. The summed E-state index contributed by atoms with van der Waals surface area (Å²) in [6.45, 7) is 4.24. The SMILES string of the molecule is COc1ccc(C(=O)NC(C(=O)NC(CN)C2CC2)C(C)C)cc1.Cl. The van der Waals surface area contributed by atoms with Crippen LogP contribution in [-0.2, 0) is 4.79 Å². The molecule has 1 aliphatic carbocycles. The second-order valence-electron chi connectivity index (χ2n) is 6.61. The summed E-state index contributed by atoms with van der Waals surface area (Å²) >= 11 is 0. The molecule has 0 bridgehead atoms. The Kier molecular flexibility index (Phi) is 8.19. The first-order valence-electron chi connectivity index (χ1n) is 8.41. The Balaban J connectivity index is 0.00000312. The van der Waals surface area contributed by atoms with E-state index in [9.17, 15) is 9.59 Å². The molecule has 7 heteroatoms. The van der Waals surface area contributed by atoms with Crippen molar-refractivity contribution < 1.29 is 14.3 Å². The van der Waals surface area contributed by atoms with Gasteiger partial charge in [0.1, 0.15) is 11.8 Å². The predicted octanol–water partition coefficient (Wildman–Crippen LogP) is 1.72. The molecule has 2 atom stereocenters. The molecule has 1 aromatic carbocycles. The molecule has 1 saturated carbocycles. The first-order chi connectivity index (χ1) is 11.5. The van der Waals surface area contributed by atoms with Crippen molar-refractivity contribution >= 4 is 24.2 Å². The highest BCUT2D eigenvalue weighted by molar-refractivity contribution is 5.97. The molecule has 0 saturated heterocycles. The van der Waals surface area contributed by atoms with Gasteiger partial charge in [-0.05, 0) is 48.9 Å².